The van der Waals surface area contributed by atoms with Gasteiger partial charge in [0.2, 0.25) is 0 Å². The lowest BCUT2D eigenvalue weighted by molar-refractivity contribution is -0.116. The molecular formula is C19H18O. The second kappa shape index (κ2) is 5.87. The van der Waals surface area contributed by atoms with Crippen LogP contribution in [0.5, 0.6) is 0 Å². The minimum absolute atomic E-state index is 0.300. The summed E-state index contributed by atoms with van der Waals surface area (Å²) in [4.78, 5) is 12.3. The standard InChI is InChI=1S/C19H18O/c20-19-14-17(16-9-5-2-6-10-16)11-12-18(19)13-15-7-3-1-4-8-15/h1-10,13,17H,11-12,14H2. The van der Waals surface area contributed by atoms with E-state index in [2.05, 4.69) is 24.3 Å². The van der Waals surface area contributed by atoms with Gasteiger partial charge in [-0.2, -0.15) is 0 Å². The van der Waals surface area contributed by atoms with Crippen LogP contribution in [0.3, 0.4) is 0 Å². The highest BCUT2D eigenvalue weighted by molar-refractivity contribution is 6.00. The van der Waals surface area contributed by atoms with Crippen LogP contribution in [0.25, 0.3) is 6.08 Å². The molecule has 0 heterocycles. The van der Waals surface area contributed by atoms with Crippen molar-refractivity contribution in [3.05, 3.63) is 77.4 Å². The molecule has 0 amide bonds. The molecule has 1 fully saturated rings. The topological polar surface area (TPSA) is 17.1 Å². The largest absolute Gasteiger partial charge is 0.295 e. The molecule has 1 saturated carbocycles. The summed E-state index contributed by atoms with van der Waals surface area (Å²) in [7, 11) is 0. The summed E-state index contributed by atoms with van der Waals surface area (Å²) in [5.74, 6) is 0.686. The quantitative estimate of drug-likeness (QED) is 0.722. The van der Waals surface area contributed by atoms with Gasteiger partial charge in [0.15, 0.2) is 5.78 Å². The first-order valence-corrected chi connectivity index (χ1v) is 7.17. The molecule has 2 aromatic rings. The number of hydrogen-bond donors (Lipinski definition) is 0. The van der Waals surface area contributed by atoms with Crippen LogP contribution in [0.1, 0.15) is 36.3 Å². The molecule has 0 N–H and O–H groups in total. The van der Waals surface area contributed by atoms with Crippen molar-refractivity contribution in [2.75, 3.05) is 0 Å². The van der Waals surface area contributed by atoms with Crippen molar-refractivity contribution in [3.63, 3.8) is 0 Å². The zero-order valence-electron chi connectivity index (χ0n) is 11.5. The van der Waals surface area contributed by atoms with E-state index in [0.29, 0.717) is 18.1 Å². The number of benzene rings is 2. The molecular weight excluding hydrogens is 244 g/mol. The number of carbonyl (C=O) groups excluding carboxylic acids is 1. The smallest absolute Gasteiger partial charge is 0.159 e. The van der Waals surface area contributed by atoms with Crippen LogP contribution in [-0.4, -0.2) is 5.78 Å². The van der Waals surface area contributed by atoms with E-state index >= 15 is 0 Å². The highest BCUT2D eigenvalue weighted by Crippen LogP contribution is 2.33. The number of carbonyl (C=O) groups is 1. The van der Waals surface area contributed by atoms with Gasteiger partial charge in [0.25, 0.3) is 0 Å². The van der Waals surface area contributed by atoms with Crippen LogP contribution < -0.4 is 0 Å². The van der Waals surface area contributed by atoms with Gasteiger partial charge in [-0.1, -0.05) is 60.7 Å². The Morgan fingerprint density at radius 3 is 2.20 bits per heavy atom. The fourth-order valence-corrected chi connectivity index (χ4v) is 2.84. The minimum Gasteiger partial charge on any atom is -0.295 e. The predicted octanol–water partition coefficient (Wildman–Crippen LogP) is 4.61. The van der Waals surface area contributed by atoms with E-state index in [1.54, 1.807) is 0 Å². The molecule has 0 saturated heterocycles. The maximum Gasteiger partial charge on any atom is 0.159 e. The summed E-state index contributed by atoms with van der Waals surface area (Å²) in [6, 6.07) is 20.5. The third-order valence-electron chi connectivity index (χ3n) is 3.96. The Bertz CT molecular complexity index is 611. The van der Waals surface area contributed by atoms with E-state index in [-0.39, 0.29) is 0 Å². The van der Waals surface area contributed by atoms with Gasteiger partial charge in [0, 0.05) is 6.42 Å². The van der Waals surface area contributed by atoms with E-state index in [4.69, 9.17) is 0 Å². The summed E-state index contributed by atoms with van der Waals surface area (Å²) in [5.41, 5.74) is 3.39. The fraction of sp³-hybridized carbons (Fsp3) is 0.211. The van der Waals surface area contributed by atoms with Gasteiger partial charge in [0.1, 0.15) is 0 Å². The lowest BCUT2D eigenvalue weighted by Gasteiger charge is -2.23. The summed E-state index contributed by atoms with van der Waals surface area (Å²) in [6.45, 7) is 0. The van der Waals surface area contributed by atoms with Gasteiger partial charge in [-0.15, -0.1) is 0 Å². The average Bonchev–Trinajstić information content (AvgIpc) is 2.51. The van der Waals surface area contributed by atoms with E-state index in [1.165, 1.54) is 5.56 Å². The van der Waals surface area contributed by atoms with Crippen LogP contribution in [0.4, 0.5) is 0 Å². The normalized spacial score (nSPS) is 21.1. The van der Waals surface area contributed by atoms with Crippen molar-refractivity contribution in [2.24, 2.45) is 0 Å². The van der Waals surface area contributed by atoms with Crippen molar-refractivity contribution < 1.29 is 4.79 Å². The Morgan fingerprint density at radius 2 is 1.55 bits per heavy atom. The van der Waals surface area contributed by atoms with Crippen molar-refractivity contribution in [3.8, 4) is 0 Å². The zero-order valence-corrected chi connectivity index (χ0v) is 11.5. The van der Waals surface area contributed by atoms with E-state index in [0.717, 1.165) is 24.0 Å². The molecule has 1 unspecified atom stereocenters. The maximum atomic E-state index is 12.3. The monoisotopic (exact) mass is 262 g/mol. The molecule has 100 valence electrons. The van der Waals surface area contributed by atoms with Crippen LogP contribution in [0.2, 0.25) is 0 Å². The van der Waals surface area contributed by atoms with E-state index in [9.17, 15) is 4.79 Å². The number of hydrogen-bond acceptors (Lipinski definition) is 1. The average molecular weight is 262 g/mol. The Labute approximate surface area is 120 Å². The van der Waals surface area contributed by atoms with Gasteiger partial charge in [-0.05, 0) is 41.5 Å². The number of ketones is 1. The van der Waals surface area contributed by atoms with Gasteiger partial charge in [-0.3, -0.25) is 4.79 Å². The second-order valence-corrected chi connectivity index (χ2v) is 5.35. The molecule has 1 nitrogen and oxygen atoms in total. The van der Waals surface area contributed by atoms with Gasteiger partial charge in [-0.25, -0.2) is 0 Å². The SMILES string of the molecule is O=C1CC(c2ccccc2)CCC1=Cc1ccccc1. The Morgan fingerprint density at radius 1 is 0.900 bits per heavy atom. The van der Waals surface area contributed by atoms with Crippen molar-refractivity contribution in [1.82, 2.24) is 0 Å². The predicted molar refractivity (Wildman–Crippen MR) is 82.5 cm³/mol. The Balaban J connectivity index is 1.75. The van der Waals surface area contributed by atoms with Crippen LogP contribution in [0, 0.1) is 0 Å². The Kier molecular flexibility index (Phi) is 3.78. The summed E-state index contributed by atoms with van der Waals surface area (Å²) in [6.07, 6.45) is 4.63. The van der Waals surface area contributed by atoms with Gasteiger partial charge in [0.05, 0.1) is 0 Å². The zero-order chi connectivity index (χ0) is 13.8. The number of Topliss-reactive ketones (excluding diaryl/α,β-unsaturated/α-hetero) is 1. The van der Waals surface area contributed by atoms with Gasteiger partial charge < -0.3 is 0 Å². The first-order valence-electron chi connectivity index (χ1n) is 7.17. The number of rotatable bonds is 2. The highest BCUT2D eigenvalue weighted by atomic mass is 16.1. The molecule has 1 heteroatoms. The lowest BCUT2D eigenvalue weighted by Crippen LogP contribution is -2.16. The maximum absolute atomic E-state index is 12.3. The molecule has 1 aliphatic rings. The van der Waals surface area contributed by atoms with Crippen LogP contribution in [0.15, 0.2) is 66.2 Å². The van der Waals surface area contributed by atoms with E-state index in [1.807, 2.05) is 42.5 Å². The molecule has 20 heavy (non-hydrogen) atoms. The van der Waals surface area contributed by atoms with Crippen LogP contribution >= 0.6 is 0 Å². The molecule has 1 atom stereocenters. The third kappa shape index (κ3) is 2.88. The first kappa shape index (κ1) is 12.9. The first-order chi connectivity index (χ1) is 9.83. The molecule has 0 radical (unpaired) electrons. The number of allylic oxidation sites excluding steroid dienone is 1. The summed E-state index contributed by atoms with van der Waals surface area (Å²) < 4.78 is 0. The van der Waals surface area contributed by atoms with E-state index < -0.39 is 0 Å². The molecule has 0 aliphatic heterocycles. The fourth-order valence-electron chi connectivity index (χ4n) is 2.84. The molecule has 3 rings (SSSR count). The van der Waals surface area contributed by atoms with Gasteiger partial charge >= 0.3 is 0 Å². The molecule has 0 aromatic heterocycles. The Hall–Kier alpha value is -2.15. The molecule has 0 spiro atoms. The lowest BCUT2D eigenvalue weighted by atomic mass is 9.80. The van der Waals surface area contributed by atoms with Crippen molar-refractivity contribution in [2.45, 2.75) is 25.2 Å². The second-order valence-electron chi connectivity index (χ2n) is 5.35. The van der Waals surface area contributed by atoms with Crippen molar-refractivity contribution in [1.29, 1.82) is 0 Å². The summed E-state index contributed by atoms with van der Waals surface area (Å²) >= 11 is 0. The minimum atomic E-state index is 0.300. The molecule has 0 bridgehead atoms. The van der Waals surface area contributed by atoms with Crippen LogP contribution in [-0.2, 0) is 4.79 Å². The van der Waals surface area contributed by atoms with Crippen molar-refractivity contribution >= 4 is 11.9 Å². The summed E-state index contributed by atoms with van der Waals surface area (Å²) in [5, 5.41) is 0. The highest BCUT2D eigenvalue weighted by Gasteiger charge is 2.24. The molecule has 2 aromatic carbocycles. The third-order valence-corrected chi connectivity index (χ3v) is 3.96. The molecule has 1 aliphatic carbocycles.